The van der Waals surface area contributed by atoms with E-state index in [0.29, 0.717) is 23.1 Å². The quantitative estimate of drug-likeness (QED) is 0.342. The van der Waals surface area contributed by atoms with E-state index >= 15 is 0 Å². The van der Waals surface area contributed by atoms with Crippen LogP contribution < -0.4 is 10.1 Å². The Labute approximate surface area is 190 Å². The van der Waals surface area contributed by atoms with Crippen molar-refractivity contribution < 1.29 is 18.3 Å². The SMILES string of the molecule is COc1ccc([C@H](CNC(=O)c2oc3ccc(F)cc3c2C)c2c[nH]c3ccccc23)cc1. The lowest BCUT2D eigenvalue weighted by Gasteiger charge is -2.18. The molecule has 2 aromatic heterocycles. The van der Waals surface area contributed by atoms with E-state index < -0.39 is 0 Å². The fraction of sp³-hybridized carbons (Fsp3) is 0.148. The van der Waals surface area contributed by atoms with E-state index in [-0.39, 0.29) is 23.4 Å². The highest BCUT2D eigenvalue weighted by Crippen LogP contribution is 2.32. The van der Waals surface area contributed by atoms with Gasteiger partial charge in [-0.15, -0.1) is 0 Å². The lowest BCUT2D eigenvalue weighted by atomic mass is 9.90. The smallest absolute Gasteiger partial charge is 0.287 e. The molecule has 0 aliphatic carbocycles. The second-order valence-corrected chi connectivity index (χ2v) is 8.02. The fourth-order valence-electron chi connectivity index (χ4n) is 4.31. The molecule has 1 amide bonds. The molecule has 0 unspecified atom stereocenters. The van der Waals surface area contributed by atoms with E-state index in [1.807, 2.05) is 48.7 Å². The first-order chi connectivity index (χ1) is 16.0. The zero-order valence-electron chi connectivity index (χ0n) is 18.3. The standard InChI is InChI=1S/C27H23FN2O3/c1-16-21-13-18(28)9-12-25(21)33-26(16)27(31)30-14-22(17-7-10-19(32-2)11-8-17)23-15-29-24-6-4-3-5-20(23)24/h3-13,15,22,29H,14H2,1-2H3,(H,30,31)/t22-/m0/s1. The molecule has 2 heterocycles. The number of amides is 1. The molecule has 6 heteroatoms. The summed E-state index contributed by atoms with van der Waals surface area (Å²) in [7, 11) is 1.63. The number of hydrogen-bond acceptors (Lipinski definition) is 3. The van der Waals surface area contributed by atoms with Gasteiger partial charge < -0.3 is 19.5 Å². The molecule has 5 rings (SSSR count). The number of furan rings is 1. The van der Waals surface area contributed by atoms with Crippen molar-refractivity contribution in [1.29, 1.82) is 0 Å². The third-order valence-electron chi connectivity index (χ3n) is 6.09. The maximum atomic E-state index is 13.7. The Kier molecular flexibility index (Phi) is 5.34. The number of ether oxygens (including phenoxy) is 1. The number of halogens is 1. The molecule has 1 atom stereocenters. The fourth-order valence-corrected chi connectivity index (χ4v) is 4.31. The van der Waals surface area contributed by atoms with Gasteiger partial charge in [0.05, 0.1) is 7.11 Å². The number of aromatic nitrogens is 1. The van der Waals surface area contributed by atoms with Crippen LogP contribution in [0, 0.1) is 12.7 Å². The van der Waals surface area contributed by atoms with Crippen LogP contribution in [0.3, 0.4) is 0 Å². The topological polar surface area (TPSA) is 67.3 Å². The number of aromatic amines is 1. The summed E-state index contributed by atoms with van der Waals surface area (Å²) in [6.45, 7) is 2.12. The maximum Gasteiger partial charge on any atom is 0.287 e. The first-order valence-corrected chi connectivity index (χ1v) is 10.7. The highest BCUT2D eigenvalue weighted by atomic mass is 19.1. The van der Waals surface area contributed by atoms with Crippen LogP contribution in [0.1, 0.15) is 33.2 Å². The van der Waals surface area contributed by atoms with Gasteiger partial charge in [-0.25, -0.2) is 4.39 Å². The van der Waals surface area contributed by atoms with Crippen LogP contribution >= 0.6 is 0 Å². The van der Waals surface area contributed by atoms with Crippen LogP contribution in [-0.2, 0) is 0 Å². The summed E-state index contributed by atoms with van der Waals surface area (Å²) in [5.41, 5.74) is 4.27. The molecule has 166 valence electrons. The molecule has 0 spiro atoms. The van der Waals surface area contributed by atoms with Crippen LogP contribution in [0.2, 0.25) is 0 Å². The van der Waals surface area contributed by atoms with Gasteiger partial charge in [-0.1, -0.05) is 30.3 Å². The van der Waals surface area contributed by atoms with Gasteiger partial charge in [0, 0.05) is 40.5 Å². The summed E-state index contributed by atoms with van der Waals surface area (Å²) in [5.74, 6) is 0.173. The average molecular weight is 442 g/mol. The van der Waals surface area contributed by atoms with Crippen molar-refractivity contribution in [3.8, 4) is 5.75 Å². The zero-order valence-corrected chi connectivity index (χ0v) is 18.3. The van der Waals surface area contributed by atoms with Crippen molar-refractivity contribution in [2.75, 3.05) is 13.7 Å². The molecule has 2 N–H and O–H groups in total. The van der Waals surface area contributed by atoms with Crippen LogP contribution in [0.4, 0.5) is 4.39 Å². The number of carbonyl (C=O) groups excluding carboxylic acids is 1. The Bertz CT molecular complexity index is 1450. The highest BCUT2D eigenvalue weighted by Gasteiger charge is 2.22. The number of para-hydroxylation sites is 1. The number of nitrogens with one attached hydrogen (secondary N) is 2. The number of hydrogen-bond donors (Lipinski definition) is 2. The molecular formula is C27H23FN2O3. The van der Waals surface area contributed by atoms with Gasteiger partial charge in [0.1, 0.15) is 17.1 Å². The van der Waals surface area contributed by atoms with E-state index in [4.69, 9.17) is 9.15 Å². The Balaban J connectivity index is 1.47. The molecular weight excluding hydrogens is 419 g/mol. The Morgan fingerprint density at radius 3 is 2.67 bits per heavy atom. The number of aryl methyl sites for hydroxylation is 1. The van der Waals surface area contributed by atoms with E-state index in [1.165, 1.54) is 12.1 Å². The Morgan fingerprint density at radius 1 is 1.09 bits per heavy atom. The van der Waals surface area contributed by atoms with Gasteiger partial charge in [0.15, 0.2) is 5.76 Å². The molecule has 0 radical (unpaired) electrons. The third kappa shape index (κ3) is 3.84. The monoisotopic (exact) mass is 442 g/mol. The zero-order chi connectivity index (χ0) is 22.9. The van der Waals surface area contributed by atoms with Gasteiger partial charge in [0.2, 0.25) is 0 Å². The molecule has 33 heavy (non-hydrogen) atoms. The molecule has 0 bridgehead atoms. The van der Waals surface area contributed by atoms with Crippen molar-refractivity contribution in [1.82, 2.24) is 10.3 Å². The summed E-state index contributed by atoms with van der Waals surface area (Å²) >= 11 is 0. The number of methoxy groups -OCH3 is 1. The van der Waals surface area contributed by atoms with E-state index in [1.54, 1.807) is 20.1 Å². The summed E-state index contributed by atoms with van der Waals surface area (Å²) in [5, 5.41) is 4.72. The lowest BCUT2D eigenvalue weighted by Crippen LogP contribution is -2.29. The minimum Gasteiger partial charge on any atom is -0.497 e. The average Bonchev–Trinajstić information content (AvgIpc) is 3.41. The number of rotatable bonds is 6. The molecule has 0 aliphatic heterocycles. The van der Waals surface area contributed by atoms with Crippen molar-refractivity contribution >= 4 is 27.8 Å². The normalized spacial score (nSPS) is 12.2. The summed E-state index contributed by atoms with van der Waals surface area (Å²) in [6.07, 6.45) is 1.99. The van der Waals surface area contributed by atoms with Crippen LogP contribution in [-0.4, -0.2) is 24.5 Å². The van der Waals surface area contributed by atoms with E-state index in [9.17, 15) is 9.18 Å². The van der Waals surface area contributed by atoms with Crippen molar-refractivity contribution in [2.45, 2.75) is 12.8 Å². The van der Waals surface area contributed by atoms with Gasteiger partial charge in [-0.3, -0.25) is 4.79 Å². The van der Waals surface area contributed by atoms with Crippen molar-refractivity contribution in [3.05, 3.63) is 101 Å². The molecule has 3 aromatic carbocycles. The van der Waals surface area contributed by atoms with Gasteiger partial charge in [-0.2, -0.15) is 0 Å². The number of H-pyrrole nitrogens is 1. The first-order valence-electron chi connectivity index (χ1n) is 10.7. The molecule has 0 saturated heterocycles. The van der Waals surface area contributed by atoms with Crippen LogP contribution in [0.15, 0.2) is 77.3 Å². The van der Waals surface area contributed by atoms with Gasteiger partial charge in [-0.05, 0) is 54.4 Å². The summed E-state index contributed by atoms with van der Waals surface area (Å²) in [6, 6.07) is 20.2. The summed E-state index contributed by atoms with van der Waals surface area (Å²) in [4.78, 5) is 16.4. The second-order valence-electron chi connectivity index (χ2n) is 8.02. The maximum absolute atomic E-state index is 13.7. The molecule has 5 aromatic rings. The Morgan fingerprint density at radius 2 is 1.88 bits per heavy atom. The third-order valence-corrected chi connectivity index (χ3v) is 6.09. The van der Waals surface area contributed by atoms with Crippen LogP contribution in [0.5, 0.6) is 5.75 Å². The Hall–Kier alpha value is -4.06. The van der Waals surface area contributed by atoms with Gasteiger partial charge in [0.25, 0.3) is 5.91 Å². The number of fused-ring (bicyclic) bond motifs is 2. The second kappa shape index (κ2) is 8.47. The summed E-state index contributed by atoms with van der Waals surface area (Å²) < 4.78 is 24.7. The number of carbonyl (C=O) groups is 1. The molecule has 0 aliphatic rings. The number of benzene rings is 3. The van der Waals surface area contributed by atoms with Gasteiger partial charge >= 0.3 is 0 Å². The largest absolute Gasteiger partial charge is 0.497 e. The van der Waals surface area contributed by atoms with Crippen molar-refractivity contribution in [2.24, 2.45) is 0 Å². The first kappa shape index (κ1) is 20.8. The van der Waals surface area contributed by atoms with Crippen LogP contribution in [0.25, 0.3) is 21.9 Å². The highest BCUT2D eigenvalue weighted by molar-refractivity contribution is 5.99. The lowest BCUT2D eigenvalue weighted by molar-refractivity contribution is 0.0926. The van der Waals surface area contributed by atoms with Crippen molar-refractivity contribution in [3.63, 3.8) is 0 Å². The minimum atomic E-state index is -0.364. The predicted octanol–water partition coefficient (Wildman–Crippen LogP) is 5.93. The molecule has 0 saturated carbocycles. The predicted molar refractivity (Wildman–Crippen MR) is 126 cm³/mol. The van der Waals surface area contributed by atoms with E-state index in [2.05, 4.69) is 16.4 Å². The minimum absolute atomic E-state index is 0.0989. The molecule has 5 nitrogen and oxygen atoms in total. The molecule has 0 fully saturated rings. The van der Waals surface area contributed by atoms with E-state index in [0.717, 1.165) is 27.8 Å².